The van der Waals surface area contributed by atoms with Crippen molar-refractivity contribution in [3.63, 3.8) is 0 Å². The van der Waals surface area contributed by atoms with Gasteiger partial charge in [0.15, 0.2) is 5.78 Å². The molecule has 0 spiro atoms. The van der Waals surface area contributed by atoms with E-state index in [1.54, 1.807) is 6.08 Å². The lowest BCUT2D eigenvalue weighted by Crippen LogP contribution is -2.62. The third kappa shape index (κ3) is 29.7. The van der Waals surface area contributed by atoms with Gasteiger partial charge >= 0.3 is 11.9 Å². The van der Waals surface area contributed by atoms with Gasteiger partial charge in [-0.2, -0.15) is 0 Å². The number of esters is 2. The predicted octanol–water partition coefficient (Wildman–Crippen LogP) is 21.7. The summed E-state index contributed by atoms with van der Waals surface area (Å²) in [6.45, 7) is 24.7. The van der Waals surface area contributed by atoms with Gasteiger partial charge in [0.25, 0.3) is 5.79 Å². The molecule has 0 aliphatic heterocycles. The van der Waals surface area contributed by atoms with Crippen LogP contribution in [-0.4, -0.2) is 45.9 Å². The minimum Gasteiger partial charge on any atom is -0.419 e. The lowest BCUT2D eigenvalue weighted by molar-refractivity contribution is -0.299. The molecule has 0 aromatic rings. The van der Waals surface area contributed by atoms with Gasteiger partial charge in [0.2, 0.25) is 0 Å². The Hall–Kier alpha value is -4.07. The largest absolute Gasteiger partial charge is 0.419 e. The normalized spacial score (nSPS) is 20.6. The highest BCUT2D eigenvalue weighted by molar-refractivity contribution is 5.96. The Balaban J connectivity index is 2.05. The molecule has 0 unspecified atom stereocenters. The van der Waals surface area contributed by atoms with E-state index in [1.807, 2.05) is 103 Å². The SMILES string of the molecule is CCCCCCCCCCCCCCCCCC(=O)OC1(OC(=O)CCCCCCCCCCCCCCCCC)[C@H](O)CC(C)=C(/C=C/C(C)=C/C=C/C(C)=C/C=C/C=C(C)/C=C/C=C(C)/C=C/C(=O)[C@]2(C)C[C@@H](O)CC2(C)C)C1(C)C. The molecule has 1 fully saturated rings. The van der Waals surface area contributed by atoms with E-state index < -0.39 is 40.8 Å². The number of unbranched alkanes of at least 4 members (excludes halogenated alkanes) is 28. The Kier molecular flexibility index (Phi) is 38.6. The average molecular weight is 1150 g/mol. The maximum atomic E-state index is 13.9. The van der Waals surface area contributed by atoms with Crippen LogP contribution in [0.1, 0.15) is 308 Å². The van der Waals surface area contributed by atoms with Crippen LogP contribution in [0.15, 0.2) is 119 Å². The Morgan fingerprint density at radius 2 is 0.795 bits per heavy atom. The number of hydrogen-bond acceptors (Lipinski definition) is 7. The highest BCUT2D eigenvalue weighted by Crippen LogP contribution is 2.54. The van der Waals surface area contributed by atoms with E-state index in [9.17, 15) is 24.6 Å². The first-order valence-electron chi connectivity index (χ1n) is 33.8. The fourth-order valence-electron chi connectivity index (χ4n) is 12.2. The Morgan fingerprint density at radius 1 is 0.458 bits per heavy atom. The fraction of sp³-hybridized carbons (Fsp3) is 0.697. The topological polar surface area (TPSA) is 110 Å². The standard InChI is InChI=1S/C76H124O7/c1-13-15-17-19-21-23-25-27-29-31-33-35-37-39-41-53-71(80)82-76(83-72(81)54-42-40-38-36-34-32-30-28-26-24-22-20-18-16-14-2)70(79)59-66(7)68(74(76,10)11)57-55-64(5)51-45-49-62(3)47-43-44-48-63(4)50-46-52-65(6)56-58-69(78)75(12)61-67(77)60-73(75,8)9/h43-52,55-58,67,70,77,79H,13-42,53-54,59-61H2,1-12H3/b44-43+,49-45+,50-46+,57-55+,58-56+,62-47+,63-48+,64-51+,65-52+/t67-,70+,75-/m0/s1. The molecule has 0 heterocycles. The molecule has 83 heavy (non-hydrogen) atoms. The molecule has 0 amide bonds. The minimum absolute atomic E-state index is 0.0668. The summed E-state index contributed by atoms with van der Waals surface area (Å²) in [6, 6.07) is 0. The maximum Gasteiger partial charge on any atom is 0.309 e. The molecular formula is C76H124O7. The van der Waals surface area contributed by atoms with Crippen LogP contribution >= 0.6 is 0 Å². The van der Waals surface area contributed by atoms with Crippen LogP contribution in [0.25, 0.3) is 0 Å². The van der Waals surface area contributed by atoms with Crippen LogP contribution in [0.4, 0.5) is 0 Å². The van der Waals surface area contributed by atoms with Gasteiger partial charge in [-0.1, -0.05) is 321 Å². The zero-order chi connectivity index (χ0) is 61.4. The number of ether oxygens (including phenoxy) is 2. The third-order valence-electron chi connectivity index (χ3n) is 18.1. The quantitative estimate of drug-likeness (QED) is 0.0205. The molecule has 1 saturated carbocycles. The van der Waals surface area contributed by atoms with Crippen molar-refractivity contribution in [2.75, 3.05) is 0 Å². The monoisotopic (exact) mass is 1150 g/mol. The number of carbonyl (C=O) groups excluding carboxylic acids is 3. The number of aliphatic hydroxyl groups excluding tert-OH is 2. The van der Waals surface area contributed by atoms with Crippen molar-refractivity contribution in [3.8, 4) is 0 Å². The van der Waals surface area contributed by atoms with Gasteiger partial charge in [0, 0.05) is 24.7 Å². The smallest absolute Gasteiger partial charge is 0.309 e. The van der Waals surface area contributed by atoms with Crippen LogP contribution in [0, 0.1) is 16.2 Å². The van der Waals surface area contributed by atoms with E-state index >= 15 is 0 Å². The molecule has 470 valence electrons. The van der Waals surface area contributed by atoms with Gasteiger partial charge in [-0.15, -0.1) is 0 Å². The molecule has 0 aromatic heterocycles. The van der Waals surface area contributed by atoms with Gasteiger partial charge < -0.3 is 19.7 Å². The minimum atomic E-state index is -1.86. The van der Waals surface area contributed by atoms with Gasteiger partial charge in [-0.25, -0.2) is 0 Å². The van der Waals surface area contributed by atoms with Crippen LogP contribution in [0.3, 0.4) is 0 Å². The van der Waals surface area contributed by atoms with Gasteiger partial charge in [0.05, 0.1) is 11.5 Å². The Labute approximate surface area is 510 Å². The first kappa shape index (κ1) is 75.0. The van der Waals surface area contributed by atoms with Crippen molar-refractivity contribution in [1.82, 2.24) is 0 Å². The zero-order valence-corrected chi connectivity index (χ0v) is 55.4. The van der Waals surface area contributed by atoms with Crippen LogP contribution in [0.2, 0.25) is 0 Å². The molecule has 7 nitrogen and oxygen atoms in total. The van der Waals surface area contributed by atoms with E-state index in [2.05, 4.69) is 58.9 Å². The second-order valence-electron chi connectivity index (χ2n) is 26.6. The van der Waals surface area contributed by atoms with E-state index in [1.165, 1.54) is 154 Å². The van der Waals surface area contributed by atoms with Gasteiger partial charge in [-0.3, -0.25) is 14.4 Å². The summed E-state index contributed by atoms with van der Waals surface area (Å²) in [4.78, 5) is 40.8. The fourth-order valence-corrected chi connectivity index (χ4v) is 12.2. The molecule has 7 heteroatoms. The van der Waals surface area contributed by atoms with E-state index in [0.29, 0.717) is 25.7 Å². The van der Waals surface area contributed by atoms with Crippen molar-refractivity contribution >= 4 is 17.7 Å². The zero-order valence-electron chi connectivity index (χ0n) is 55.4. The van der Waals surface area contributed by atoms with E-state index in [0.717, 1.165) is 59.1 Å². The van der Waals surface area contributed by atoms with Gasteiger partial charge in [-0.05, 0) is 91.2 Å². The van der Waals surface area contributed by atoms with E-state index in [4.69, 9.17) is 9.47 Å². The van der Waals surface area contributed by atoms with Crippen molar-refractivity contribution in [2.45, 2.75) is 326 Å². The second kappa shape index (κ2) is 42.7. The molecule has 0 radical (unpaired) electrons. The number of carbonyl (C=O) groups is 3. The van der Waals surface area contributed by atoms with Crippen molar-refractivity contribution in [2.24, 2.45) is 16.2 Å². The number of rotatable bonds is 45. The average Bonchev–Trinajstić information content (AvgIpc) is 1.45. The molecule has 2 aliphatic carbocycles. The highest BCUT2D eigenvalue weighted by Gasteiger charge is 2.61. The van der Waals surface area contributed by atoms with Crippen molar-refractivity contribution in [3.05, 3.63) is 119 Å². The second-order valence-corrected chi connectivity index (χ2v) is 26.6. The summed E-state index contributed by atoms with van der Waals surface area (Å²) in [6.07, 6.45) is 65.3. The molecule has 3 atom stereocenters. The lowest BCUT2D eigenvalue weighted by atomic mass is 9.66. The number of allylic oxidation sites excluding steroid dienone is 18. The summed E-state index contributed by atoms with van der Waals surface area (Å²) in [7, 11) is 0. The molecular weight excluding hydrogens is 1020 g/mol. The van der Waals surface area contributed by atoms with Crippen molar-refractivity contribution < 1.29 is 34.1 Å². The Bertz CT molecular complexity index is 2130. The predicted molar refractivity (Wildman–Crippen MR) is 354 cm³/mol. The number of aliphatic hydroxyl groups is 2. The lowest BCUT2D eigenvalue weighted by Gasteiger charge is -2.51. The van der Waals surface area contributed by atoms with Gasteiger partial charge in [0.1, 0.15) is 6.10 Å². The van der Waals surface area contributed by atoms with E-state index in [-0.39, 0.29) is 30.5 Å². The summed E-state index contributed by atoms with van der Waals surface area (Å²) < 4.78 is 12.7. The van der Waals surface area contributed by atoms with Crippen LogP contribution < -0.4 is 0 Å². The van der Waals surface area contributed by atoms with Crippen molar-refractivity contribution in [1.29, 1.82) is 0 Å². The number of hydrogen-bond donors (Lipinski definition) is 2. The molecule has 2 aliphatic rings. The molecule has 2 rings (SSSR count). The maximum absolute atomic E-state index is 13.9. The summed E-state index contributed by atoms with van der Waals surface area (Å²) in [5, 5.41) is 22.2. The molecule has 0 saturated heterocycles. The highest BCUT2D eigenvalue weighted by atomic mass is 16.7. The third-order valence-corrected chi connectivity index (χ3v) is 18.1. The first-order chi connectivity index (χ1) is 39.6. The molecule has 2 N–H and O–H groups in total. The molecule has 0 aromatic carbocycles. The molecule has 0 bridgehead atoms. The summed E-state index contributed by atoms with van der Waals surface area (Å²) >= 11 is 0. The Morgan fingerprint density at radius 3 is 1.16 bits per heavy atom. The number of ketones is 1. The van der Waals surface area contributed by atoms with Crippen LogP contribution in [-0.2, 0) is 23.9 Å². The van der Waals surface area contributed by atoms with Crippen LogP contribution in [0.5, 0.6) is 0 Å². The summed E-state index contributed by atoms with van der Waals surface area (Å²) in [5.41, 5.74) is 4.16. The summed E-state index contributed by atoms with van der Waals surface area (Å²) in [5.74, 6) is -2.67. The first-order valence-corrected chi connectivity index (χ1v) is 33.8.